The standard InChI is InChI=1S/C22H31F3N2O3S/c1-20(2,31(29,30)18-8-6-7-15(13-18)22(23,24)25)16-11-17(12-16)27-19(28)14-21(26)9-4-3-5-10-21/h6-8,13,16-17H,3-5,9-12,14,26H2,1-2H3,(H,27,28). The molecule has 1 aromatic carbocycles. The normalized spacial score (nSPS) is 24.3. The average Bonchev–Trinajstić information content (AvgIpc) is 2.63. The Morgan fingerprint density at radius 2 is 1.77 bits per heavy atom. The number of nitrogens with one attached hydrogen (secondary N) is 1. The van der Waals surface area contributed by atoms with Crippen molar-refractivity contribution in [1.29, 1.82) is 0 Å². The van der Waals surface area contributed by atoms with Crippen LogP contribution in [0.15, 0.2) is 29.2 Å². The quantitative estimate of drug-likeness (QED) is 0.666. The molecule has 0 atom stereocenters. The predicted molar refractivity (Wildman–Crippen MR) is 112 cm³/mol. The highest BCUT2D eigenvalue weighted by atomic mass is 32.2. The van der Waals surface area contributed by atoms with Crippen LogP contribution < -0.4 is 11.1 Å². The Labute approximate surface area is 181 Å². The van der Waals surface area contributed by atoms with E-state index in [1.165, 1.54) is 6.07 Å². The molecule has 9 heteroatoms. The van der Waals surface area contributed by atoms with Crippen LogP contribution in [0.3, 0.4) is 0 Å². The fourth-order valence-corrected chi connectivity index (χ4v) is 6.48. The lowest BCUT2D eigenvalue weighted by Gasteiger charge is -2.45. The lowest BCUT2D eigenvalue weighted by Crippen LogP contribution is -2.55. The number of benzene rings is 1. The van der Waals surface area contributed by atoms with Gasteiger partial charge in [0.25, 0.3) is 0 Å². The Morgan fingerprint density at radius 1 is 1.16 bits per heavy atom. The predicted octanol–water partition coefficient (Wildman–Crippen LogP) is 4.20. The molecule has 2 aliphatic rings. The van der Waals surface area contributed by atoms with E-state index in [9.17, 15) is 26.4 Å². The fraction of sp³-hybridized carbons (Fsp3) is 0.682. The molecule has 0 bridgehead atoms. The van der Waals surface area contributed by atoms with Crippen molar-refractivity contribution in [1.82, 2.24) is 5.32 Å². The first-order chi connectivity index (χ1) is 14.2. The molecule has 0 radical (unpaired) electrons. The average molecular weight is 461 g/mol. The van der Waals surface area contributed by atoms with E-state index in [-0.39, 0.29) is 29.2 Å². The summed E-state index contributed by atoms with van der Waals surface area (Å²) in [6, 6.07) is 3.73. The zero-order chi connectivity index (χ0) is 23.1. The molecule has 5 nitrogen and oxygen atoms in total. The summed E-state index contributed by atoms with van der Waals surface area (Å²) >= 11 is 0. The van der Waals surface area contributed by atoms with Gasteiger partial charge in [0.1, 0.15) is 0 Å². The number of amides is 1. The Kier molecular flexibility index (Phi) is 6.50. The Morgan fingerprint density at radius 3 is 2.35 bits per heavy atom. The van der Waals surface area contributed by atoms with Gasteiger partial charge in [-0.3, -0.25) is 4.79 Å². The van der Waals surface area contributed by atoms with Crippen LogP contribution in [0.25, 0.3) is 0 Å². The van der Waals surface area contributed by atoms with E-state index < -0.39 is 31.9 Å². The van der Waals surface area contributed by atoms with Crippen LogP contribution in [-0.2, 0) is 20.8 Å². The summed E-state index contributed by atoms with van der Waals surface area (Å²) in [6.45, 7) is 3.09. The van der Waals surface area contributed by atoms with E-state index in [2.05, 4.69) is 5.32 Å². The van der Waals surface area contributed by atoms with Crippen LogP contribution in [-0.4, -0.2) is 30.7 Å². The van der Waals surface area contributed by atoms with Crippen LogP contribution in [0.1, 0.15) is 70.8 Å². The zero-order valence-electron chi connectivity index (χ0n) is 18.0. The topological polar surface area (TPSA) is 89.3 Å². The second-order valence-electron chi connectivity index (χ2n) is 9.67. The largest absolute Gasteiger partial charge is 0.416 e. The third kappa shape index (κ3) is 5.08. The number of rotatable bonds is 6. The molecule has 2 aliphatic carbocycles. The molecule has 1 aromatic rings. The van der Waals surface area contributed by atoms with Gasteiger partial charge in [-0.15, -0.1) is 0 Å². The first kappa shape index (κ1) is 24.0. The van der Waals surface area contributed by atoms with E-state index >= 15 is 0 Å². The smallest absolute Gasteiger partial charge is 0.353 e. The molecule has 2 saturated carbocycles. The minimum atomic E-state index is -4.61. The van der Waals surface area contributed by atoms with Crippen molar-refractivity contribution < 1.29 is 26.4 Å². The monoisotopic (exact) mass is 460 g/mol. The van der Waals surface area contributed by atoms with E-state index in [1.807, 2.05) is 0 Å². The molecule has 0 aromatic heterocycles. The first-order valence-corrected chi connectivity index (χ1v) is 12.2. The van der Waals surface area contributed by atoms with Gasteiger partial charge in [-0.1, -0.05) is 25.3 Å². The molecule has 3 N–H and O–H groups in total. The first-order valence-electron chi connectivity index (χ1n) is 10.7. The molecule has 3 rings (SSSR count). The van der Waals surface area contributed by atoms with Gasteiger partial charge in [0, 0.05) is 18.0 Å². The fourth-order valence-electron chi connectivity index (χ4n) is 4.70. The van der Waals surface area contributed by atoms with Gasteiger partial charge in [-0.05, 0) is 63.6 Å². The summed E-state index contributed by atoms with van der Waals surface area (Å²) in [7, 11) is -4.00. The van der Waals surface area contributed by atoms with E-state index in [4.69, 9.17) is 5.73 Å². The summed E-state index contributed by atoms with van der Waals surface area (Å²) in [5.74, 6) is -0.384. The van der Waals surface area contributed by atoms with Crippen LogP contribution in [0.4, 0.5) is 13.2 Å². The number of sulfone groups is 1. The molecule has 0 heterocycles. The second kappa shape index (κ2) is 8.39. The van der Waals surface area contributed by atoms with Crippen LogP contribution >= 0.6 is 0 Å². The van der Waals surface area contributed by atoms with Gasteiger partial charge >= 0.3 is 6.18 Å². The van der Waals surface area contributed by atoms with Crippen molar-refractivity contribution in [3.05, 3.63) is 29.8 Å². The van der Waals surface area contributed by atoms with Gasteiger partial charge in [-0.25, -0.2) is 8.42 Å². The van der Waals surface area contributed by atoms with Crippen molar-refractivity contribution in [3.63, 3.8) is 0 Å². The van der Waals surface area contributed by atoms with Crippen LogP contribution in [0.5, 0.6) is 0 Å². The van der Waals surface area contributed by atoms with Gasteiger partial charge in [-0.2, -0.15) is 13.2 Å². The molecule has 0 unspecified atom stereocenters. The zero-order valence-corrected chi connectivity index (χ0v) is 18.8. The Balaban J connectivity index is 1.62. The number of carbonyl (C=O) groups excluding carboxylic acids is 1. The number of carbonyl (C=O) groups is 1. The van der Waals surface area contributed by atoms with E-state index in [0.29, 0.717) is 18.9 Å². The molecule has 0 aliphatic heterocycles. The number of halogens is 3. The third-order valence-electron chi connectivity index (χ3n) is 7.01. The number of nitrogens with two attached hydrogens (primary N) is 1. The molecule has 31 heavy (non-hydrogen) atoms. The van der Waals surface area contributed by atoms with Gasteiger partial charge in [0.15, 0.2) is 9.84 Å². The number of alkyl halides is 3. The summed E-state index contributed by atoms with van der Waals surface area (Å²) in [4.78, 5) is 12.1. The minimum absolute atomic E-state index is 0.119. The molecular weight excluding hydrogens is 429 g/mol. The molecule has 1 amide bonds. The molecule has 174 valence electrons. The van der Waals surface area contributed by atoms with Crippen molar-refractivity contribution >= 4 is 15.7 Å². The number of hydrogen-bond donors (Lipinski definition) is 2. The molecular formula is C22H31F3N2O3S. The second-order valence-corrected chi connectivity index (χ2v) is 12.2. The summed E-state index contributed by atoms with van der Waals surface area (Å²) < 4.78 is 64.0. The SMILES string of the molecule is CC(C)(C1CC(NC(=O)CC2(N)CCCCC2)C1)S(=O)(=O)c1cccc(C(F)(F)F)c1. The van der Waals surface area contributed by atoms with E-state index in [1.54, 1.807) is 13.8 Å². The Hall–Kier alpha value is -1.61. The highest BCUT2D eigenvalue weighted by molar-refractivity contribution is 7.92. The molecule has 2 fully saturated rings. The van der Waals surface area contributed by atoms with Crippen molar-refractivity contribution in [2.45, 2.75) is 92.6 Å². The molecule has 0 saturated heterocycles. The van der Waals surface area contributed by atoms with Crippen molar-refractivity contribution in [2.75, 3.05) is 0 Å². The maximum absolute atomic E-state index is 13.1. The summed E-state index contributed by atoms with van der Waals surface area (Å²) in [5, 5.41) is 2.95. The maximum Gasteiger partial charge on any atom is 0.416 e. The Bertz CT molecular complexity index is 916. The lowest BCUT2D eigenvalue weighted by atomic mass is 9.73. The number of hydrogen-bond acceptors (Lipinski definition) is 4. The molecule has 0 spiro atoms. The van der Waals surface area contributed by atoms with Gasteiger partial charge in [0.2, 0.25) is 5.91 Å². The lowest BCUT2D eigenvalue weighted by molar-refractivity contribution is -0.137. The van der Waals surface area contributed by atoms with Gasteiger partial charge in [0.05, 0.1) is 15.2 Å². The van der Waals surface area contributed by atoms with Crippen molar-refractivity contribution in [3.8, 4) is 0 Å². The van der Waals surface area contributed by atoms with Crippen LogP contribution in [0, 0.1) is 5.92 Å². The third-order valence-corrected chi connectivity index (χ3v) is 9.61. The highest BCUT2D eigenvalue weighted by Crippen LogP contribution is 2.44. The van der Waals surface area contributed by atoms with Gasteiger partial charge < -0.3 is 11.1 Å². The summed E-state index contributed by atoms with van der Waals surface area (Å²) in [5.41, 5.74) is 4.89. The highest BCUT2D eigenvalue weighted by Gasteiger charge is 2.49. The van der Waals surface area contributed by atoms with Crippen LogP contribution in [0.2, 0.25) is 0 Å². The maximum atomic E-state index is 13.1. The van der Waals surface area contributed by atoms with E-state index in [0.717, 1.165) is 44.2 Å². The summed E-state index contributed by atoms with van der Waals surface area (Å²) in [6.07, 6.45) is 1.43. The minimum Gasteiger partial charge on any atom is -0.353 e. The van der Waals surface area contributed by atoms with Crippen molar-refractivity contribution in [2.24, 2.45) is 11.7 Å².